The molecule has 4 heteroatoms. The van der Waals surface area contributed by atoms with Gasteiger partial charge in [-0.1, -0.05) is 6.92 Å². The standard InChI is InChI=1S/C15H23N3O/c1-5-15(19)14-7-6-13(8-16-14)18-9-11(2)17(4)12(3)10-18/h6-8,11-12H,5,9-10H2,1-4H3. The van der Waals surface area contributed by atoms with Crippen molar-refractivity contribution in [1.82, 2.24) is 9.88 Å². The van der Waals surface area contributed by atoms with Crippen molar-refractivity contribution in [2.75, 3.05) is 25.0 Å². The number of anilines is 1. The number of nitrogens with zero attached hydrogens (tertiary/aromatic N) is 3. The van der Waals surface area contributed by atoms with Crippen LogP contribution in [0.5, 0.6) is 0 Å². The Morgan fingerprint density at radius 3 is 2.42 bits per heavy atom. The molecule has 0 aromatic carbocycles. The van der Waals surface area contributed by atoms with Crippen molar-refractivity contribution in [3.63, 3.8) is 0 Å². The number of hydrogen-bond acceptors (Lipinski definition) is 4. The second kappa shape index (κ2) is 5.70. The third-order valence-electron chi connectivity index (χ3n) is 4.08. The number of aromatic nitrogens is 1. The molecular formula is C15H23N3O. The highest BCUT2D eigenvalue weighted by molar-refractivity contribution is 5.94. The van der Waals surface area contributed by atoms with E-state index in [1.54, 1.807) is 0 Å². The summed E-state index contributed by atoms with van der Waals surface area (Å²) in [5, 5.41) is 0. The number of ketones is 1. The molecule has 0 bridgehead atoms. The number of piperazine rings is 1. The highest BCUT2D eigenvalue weighted by atomic mass is 16.1. The Morgan fingerprint density at radius 2 is 1.95 bits per heavy atom. The lowest BCUT2D eigenvalue weighted by atomic mass is 10.1. The maximum Gasteiger partial charge on any atom is 0.180 e. The van der Waals surface area contributed by atoms with Gasteiger partial charge in [-0.2, -0.15) is 0 Å². The van der Waals surface area contributed by atoms with Gasteiger partial charge in [0.05, 0.1) is 11.9 Å². The molecule has 0 amide bonds. The third-order valence-corrected chi connectivity index (χ3v) is 4.08. The molecule has 2 atom stereocenters. The van der Waals surface area contributed by atoms with Gasteiger partial charge in [-0.05, 0) is 33.0 Å². The summed E-state index contributed by atoms with van der Waals surface area (Å²) >= 11 is 0. The number of carbonyl (C=O) groups excluding carboxylic acids is 1. The number of hydrogen-bond donors (Lipinski definition) is 0. The lowest BCUT2D eigenvalue weighted by Gasteiger charge is -2.43. The van der Waals surface area contributed by atoms with Gasteiger partial charge in [0.15, 0.2) is 5.78 Å². The summed E-state index contributed by atoms with van der Waals surface area (Å²) in [5.41, 5.74) is 1.68. The average molecular weight is 261 g/mol. The van der Waals surface area contributed by atoms with Gasteiger partial charge in [0.25, 0.3) is 0 Å². The zero-order valence-corrected chi connectivity index (χ0v) is 12.3. The fraction of sp³-hybridized carbons (Fsp3) is 0.600. The van der Waals surface area contributed by atoms with Crippen molar-refractivity contribution < 1.29 is 4.79 Å². The van der Waals surface area contributed by atoms with Gasteiger partial charge in [-0.15, -0.1) is 0 Å². The molecule has 2 unspecified atom stereocenters. The average Bonchev–Trinajstić information content (AvgIpc) is 2.43. The van der Waals surface area contributed by atoms with Crippen molar-refractivity contribution in [3.8, 4) is 0 Å². The molecule has 1 aromatic rings. The first-order valence-electron chi connectivity index (χ1n) is 6.99. The molecule has 4 nitrogen and oxygen atoms in total. The Kier molecular flexibility index (Phi) is 4.20. The summed E-state index contributed by atoms with van der Waals surface area (Å²) in [7, 11) is 2.17. The van der Waals surface area contributed by atoms with Crippen LogP contribution in [0.3, 0.4) is 0 Å². The van der Waals surface area contributed by atoms with E-state index in [2.05, 4.69) is 35.7 Å². The SMILES string of the molecule is CCC(=O)c1ccc(N2CC(C)N(C)C(C)C2)cn1. The molecule has 1 aromatic heterocycles. The van der Waals surface area contributed by atoms with E-state index in [1.807, 2.05) is 25.3 Å². The lowest BCUT2D eigenvalue weighted by molar-refractivity contribution is 0.0983. The Balaban J connectivity index is 2.12. The molecule has 104 valence electrons. The first-order chi connectivity index (χ1) is 9.02. The molecule has 0 spiro atoms. The van der Waals surface area contributed by atoms with Crippen LogP contribution in [0.2, 0.25) is 0 Å². The zero-order chi connectivity index (χ0) is 14.0. The molecule has 2 heterocycles. The van der Waals surface area contributed by atoms with E-state index >= 15 is 0 Å². The molecule has 2 rings (SSSR count). The van der Waals surface area contributed by atoms with Crippen molar-refractivity contribution in [3.05, 3.63) is 24.0 Å². The zero-order valence-electron chi connectivity index (χ0n) is 12.3. The minimum absolute atomic E-state index is 0.103. The van der Waals surface area contributed by atoms with Crippen LogP contribution < -0.4 is 4.90 Å². The van der Waals surface area contributed by atoms with E-state index in [-0.39, 0.29) is 5.78 Å². The first-order valence-corrected chi connectivity index (χ1v) is 6.99. The summed E-state index contributed by atoms with van der Waals surface area (Å²) < 4.78 is 0. The van der Waals surface area contributed by atoms with Crippen LogP contribution in [0.15, 0.2) is 18.3 Å². The second-order valence-electron chi connectivity index (χ2n) is 5.45. The number of rotatable bonds is 3. The van der Waals surface area contributed by atoms with Gasteiger partial charge in [-0.25, -0.2) is 0 Å². The summed E-state index contributed by atoms with van der Waals surface area (Å²) in [4.78, 5) is 20.6. The van der Waals surface area contributed by atoms with Gasteiger partial charge < -0.3 is 4.90 Å². The fourth-order valence-corrected chi connectivity index (χ4v) is 2.53. The molecule has 0 N–H and O–H groups in total. The summed E-state index contributed by atoms with van der Waals surface area (Å²) in [5.74, 6) is 0.103. The Bertz CT molecular complexity index is 431. The van der Waals surface area contributed by atoms with Crippen LogP contribution in [-0.2, 0) is 0 Å². The fourth-order valence-electron chi connectivity index (χ4n) is 2.53. The van der Waals surface area contributed by atoms with E-state index in [9.17, 15) is 4.79 Å². The summed E-state index contributed by atoms with van der Waals surface area (Å²) in [6.45, 7) is 8.35. The van der Waals surface area contributed by atoms with Crippen LogP contribution in [-0.4, -0.2) is 47.9 Å². The van der Waals surface area contributed by atoms with E-state index < -0.39 is 0 Å². The Labute approximate surface area is 115 Å². The molecule has 0 saturated carbocycles. The predicted octanol–water partition coefficient (Wildman–Crippen LogP) is 2.20. The minimum atomic E-state index is 0.103. The molecule has 0 aliphatic carbocycles. The summed E-state index contributed by atoms with van der Waals surface area (Å²) in [6, 6.07) is 4.91. The number of pyridine rings is 1. The third kappa shape index (κ3) is 2.95. The molecule has 19 heavy (non-hydrogen) atoms. The number of Topliss-reactive ketones (excluding diaryl/α,β-unsaturated/α-hetero) is 1. The van der Waals surface area contributed by atoms with Gasteiger partial charge >= 0.3 is 0 Å². The van der Waals surface area contributed by atoms with Crippen LogP contribution in [0, 0.1) is 0 Å². The molecule has 1 aliphatic rings. The Morgan fingerprint density at radius 1 is 1.32 bits per heavy atom. The number of likely N-dealkylation sites (N-methyl/N-ethyl adjacent to an activating group) is 1. The highest BCUT2D eigenvalue weighted by Crippen LogP contribution is 2.21. The van der Waals surface area contributed by atoms with Crippen molar-refractivity contribution in [2.45, 2.75) is 39.3 Å². The Hall–Kier alpha value is -1.42. The van der Waals surface area contributed by atoms with E-state index in [0.29, 0.717) is 24.2 Å². The maximum absolute atomic E-state index is 11.6. The predicted molar refractivity (Wildman–Crippen MR) is 77.8 cm³/mol. The van der Waals surface area contributed by atoms with Crippen molar-refractivity contribution in [1.29, 1.82) is 0 Å². The second-order valence-corrected chi connectivity index (χ2v) is 5.45. The van der Waals surface area contributed by atoms with Gasteiger partial charge in [0.2, 0.25) is 0 Å². The molecule has 1 saturated heterocycles. The summed E-state index contributed by atoms with van der Waals surface area (Å²) in [6.07, 6.45) is 2.34. The topological polar surface area (TPSA) is 36.4 Å². The maximum atomic E-state index is 11.6. The van der Waals surface area contributed by atoms with Crippen molar-refractivity contribution in [2.24, 2.45) is 0 Å². The van der Waals surface area contributed by atoms with Crippen LogP contribution in [0.1, 0.15) is 37.7 Å². The van der Waals surface area contributed by atoms with E-state index in [4.69, 9.17) is 0 Å². The number of carbonyl (C=O) groups is 1. The lowest BCUT2D eigenvalue weighted by Crippen LogP contribution is -2.55. The first kappa shape index (κ1) is 14.0. The van der Waals surface area contributed by atoms with E-state index in [1.165, 1.54) is 0 Å². The van der Waals surface area contributed by atoms with E-state index in [0.717, 1.165) is 18.8 Å². The van der Waals surface area contributed by atoms with Gasteiger partial charge in [0.1, 0.15) is 5.69 Å². The molecule has 0 radical (unpaired) electrons. The van der Waals surface area contributed by atoms with Crippen LogP contribution >= 0.6 is 0 Å². The van der Waals surface area contributed by atoms with Crippen LogP contribution in [0.25, 0.3) is 0 Å². The minimum Gasteiger partial charge on any atom is -0.367 e. The normalized spacial score (nSPS) is 24.5. The largest absolute Gasteiger partial charge is 0.367 e. The highest BCUT2D eigenvalue weighted by Gasteiger charge is 2.26. The monoisotopic (exact) mass is 261 g/mol. The van der Waals surface area contributed by atoms with Gasteiger partial charge in [0, 0.05) is 31.6 Å². The van der Waals surface area contributed by atoms with Crippen molar-refractivity contribution >= 4 is 11.5 Å². The smallest absolute Gasteiger partial charge is 0.180 e. The van der Waals surface area contributed by atoms with Gasteiger partial charge in [-0.3, -0.25) is 14.7 Å². The quantitative estimate of drug-likeness (QED) is 0.782. The van der Waals surface area contributed by atoms with Crippen LogP contribution in [0.4, 0.5) is 5.69 Å². The molecule has 1 fully saturated rings. The molecule has 1 aliphatic heterocycles. The molecular weight excluding hydrogens is 238 g/mol.